The molecule has 12 heteroatoms. The van der Waals surface area contributed by atoms with Crippen LogP contribution in [0.15, 0.2) is 42.0 Å². The van der Waals surface area contributed by atoms with Crippen molar-refractivity contribution in [3.8, 4) is 11.5 Å². The molecule has 0 unspecified atom stereocenters. The lowest BCUT2D eigenvalue weighted by molar-refractivity contribution is -0.145. The van der Waals surface area contributed by atoms with Crippen molar-refractivity contribution in [3.63, 3.8) is 0 Å². The highest BCUT2D eigenvalue weighted by Gasteiger charge is 2.35. The highest BCUT2D eigenvalue weighted by Crippen LogP contribution is 2.35. The van der Waals surface area contributed by atoms with Crippen LogP contribution in [0, 0.1) is 3.57 Å². The molecule has 1 fully saturated rings. The molecule has 10 nitrogen and oxygen atoms in total. The molecule has 0 atom stereocenters. The topological polar surface area (TPSA) is 131 Å². The van der Waals surface area contributed by atoms with E-state index in [1.165, 1.54) is 37.5 Å². The van der Waals surface area contributed by atoms with Crippen molar-refractivity contribution in [3.05, 3.63) is 56.7 Å². The molecule has 2 amide bonds. The summed E-state index contributed by atoms with van der Waals surface area (Å²) in [6.07, 6.45) is 1.35. The summed E-state index contributed by atoms with van der Waals surface area (Å²) in [6.45, 7) is 1.59. The molecule has 1 aliphatic rings. The van der Waals surface area contributed by atoms with Crippen molar-refractivity contribution in [2.45, 2.75) is 6.92 Å². The van der Waals surface area contributed by atoms with Gasteiger partial charge in [-0.2, -0.15) is 0 Å². The van der Waals surface area contributed by atoms with Crippen molar-refractivity contribution in [1.82, 2.24) is 5.32 Å². The zero-order chi connectivity index (χ0) is 25.7. The molecule has 182 valence electrons. The Morgan fingerprint density at radius 3 is 2.63 bits per heavy atom. The smallest absolute Gasteiger partial charge is 0.344 e. The lowest BCUT2D eigenvalue weighted by Gasteiger charge is -2.29. The molecule has 0 spiro atoms. The third-order valence-electron chi connectivity index (χ3n) is 4.66. The number of ether oxygens (including phenoxy) is 3. The van der Waals surface area contributed by atoms with Gasteiger partial charge in [-0.25, -0.2) is 9.59 Å². The van der Waals surface area contributed by atoms with Gasteiger partial charge < -0.3 is 19.3 Å². The second-order valence-corrected chi connectivity index (χ2v) is 8.49. The number of halogens is 1. The van der Waals surface area contributed by atoms with E-state index in [0.29, 0.717) is 14.9 Å². The second kappa shape index (κ2) is 11.3. The number of carboxylic acids is 1. The Hall–Kier alpha value is -3.52. The van der Waals surface area contributed by atoms with Gasteiger partial charge in [-0.05, 0) is 83.7 Å². The van der Waals surface area contributed by atoms with E-state index in [0.717, 1.165) is 4.90 Å². The van der Waals surface area contributed by atoms with E-state index in [9.17, 15) is 24.3 Å². The van der Waals surface area contributed by atoms with Crippen molar-refractivity contribution in [1.29, 1.82) is 0 Å². The van der Waals surface area contributed by atoms with Gasteiger partial charge in [-0.3, -0.25) is 19.8 Å². The van der Waals surface area contributed by atoms with Crippen LogP contribution in [-0.2, 0) is 19.1 Å². The Balaban J connectivity index is 1.96. The summed E-state index contributed by atoms with van der Waals surface area (Å²) in [6, 6.07) is 8.81. The number of aromatic carboxylic acids is 1. The third-order valence-corrected chi connectivity index (χ3v) is 5.74. The quantitative estimate of drug-likeness (QED) is 0.152. The Kier molecular flexibility index (Phi) is 8.40. The van der Waals surface area contributed by atoms with Crippen LogP contribution in [0.5, 0.6) is 11.5 Å². The van der Waals surface area contributed by atoms with Crippen molar-refractivity contribution in [2.75, 3.05) is 25.2 Å². The van der Waals surface area contributed by atoms with Gasteiger partial charge in [0.1, 0.15) is 5.57 Å². The molecule has 0 saturated carbocycles. The molecule has 1 saturated heterocycles. The van der Waals surface area contributed by atoms with Crippen molar-refractivity contribution < 1.29 is 38.5 Å². The molecular formula is C23H19IN2O8S. The number of anilines is 1. The van der Waals surface area contributed by atoms with E-state index >= 15 is 0 Å². The van der Waals surface area contributed by atoms with Crippen LogP contribution in [0.4, 0.5) is 5.69 Å². The van der Waals surface area contributed by atoms with Crippen LogP contribution < -0.4 is 19.7 Å². The number of esters is 1. The maximum Gasteiger partial charge on any atom is 0.344 e. The molecule has 0 bridgehead atoms. The number of carbonyl (C=O) groups is 4. The normalized spacial score (nSPS) is 14.5. The number of amides is 2. The highest BCUT2D eigenvalue weighted by atomic mass is 127. The second-order valence-electron chi connectivity index (χ2n) is 6.94. The monoisotopic (exact) mass is 610 g/mol. The number of methoxy groups -OCH3 is 1. The van der Waals surface area contributed by atoms with Crippen LogP contribution in [0.25, 0.3) is 6.08 Å². The van der Waals surface area contributed by atoms with Crippen LogP contribution in [0.1, 0.15) is 22.8 Å². The predicted molar refractivity (Wildman–Crippen MR) is 137 cm³/mol. The number of thiocarbonyl (C=S) groups is 1. The van der Waals surface area contributed by atoms with E-state index in [1.54, 1.807) is 19.1 Å². The largest absolute Gasteiger partial charge is 0.493 e. The number of nitrogens with zero attached hydrogens (tertiary/aromatic N) is 1. The van der Waals surface area contributed by atoms with Crippen molar-refractivity contribution >= 4 is 75.4 Å². The molecule has 1 heterocycles. The maximum atomic E-state index is 13.2. The van der Waals surface area contributed by atoms with Crippen LogP contribution in [0.3, 0.4) is 0 Å². The first kappa shape index (κ1) is 26.1. The number of benzene rings is 2. The molecular weight excluding hydrogens is 591 g/mol. The van der Waals surface area contributed by atoms with Crippen LogP contribution in [-0.4, -0.2) is 54.3 Å². The van der Waals surface area contributed by atoms with Gasteiger partial charge >= 0.3 is 11.9 Å². The van der Waals surface area contributed by atoms with Crippen LogP contribution >= 0.6 is 34.8 Å². The molecule has 35 heavy (non-hydrogen) atoms. The highest BCUT2D eigenvalue weighted by molar-refractivity contribution is 14.1. The Morgan fingerprint density at radius 2 is 1.97 bits per heavy atom. The number of hydrogen-bond acceptors (Lipinski definition) is 8. The molecule has 2 N–H and O–H groups in total. The lowest BCUT2D eigenvalue weighted by Crippen LogP contribution is -2.54. The summed E-state index contributed by atoms with van der Waals surface area (Å²) in [5, 5.41) is 11.5. The molecule has 1 aliphatic heterocycles. The SMILES string of the molecule is CCOC(=O)COc1c(I)cc(C=C2C(=O)NC(=S)N(c3cccc(C(=O)O)c3)C2=O)cc1OC. The minimum Gasteiger partial charge on any atom is -0.493 e. The summed E-state index contributed by atoms with van der Waals surface area (Å²) in [5.74, 6) is -2.56. The average molecular weight is 610 g/mol. The molecule has 2 aromatic rings. The summed E-state index contributed by atoms with van der Waals surface area (Å²) in [5.41, 5.74) is 0.372. The van der Waals surface area contributed by atoms with Gasteiger partial charge in [-0.15, -0.1) is 0 Å². The maximum absolute atomic E-state index is 13.2. The fourth-order valence-electron chi connectivity index (χ4n) is 3.13. The van der Waals surface area contributed by atoms with Crippen LogP contribution in [0.2, 0.25) is 0 Å². The Morgan fingerprint density at radius 1 is 1.23 bits per heavy atom. The first-order valence-electron chi connectivity index (χ1n) is 10.1. The summed E-state index contributed by atoms with van der Waals surface area (Å²) in [7, 11) is 1.41. The van der Waals surface area contributed by atoms with E-state index in [1.807, 2.05) is 22.6 Å². The van der Waals surface area contributed by atoms with Gasteiger partial charge in [0.2, 0.25) is 0 Å². The molecule has 0 aromatic heterocycles. The minimum absolute atomic E-state index is 0.0433. The minimum atomic E-state index is -1.17. The van der Waals surface area contributed by atoms with E-state index in [-0.39, 0.29) is 40.9 Å². The Bertz CT molecular complexity index is 1260. The third kappa shape index (κ3) is 5.95. The molecule has 0 radical (unpaired) electrons. The van der Waals surface area contributed by atoms with E-state index in [2.05, 4.69) is 5.32 Å². The summed E-state index contributed by atoms with van der Waals surface area (Å²) >= 11 is 7.13. The van der Waals surface area contributed by atoms with E-state index in [4.69, 9.17) is 26.4 Å². The fourth-order valence-corrected chi connectivity index (χ4v) is 4.20. The fraction of sp³-hybridized carbons (Fsp3) is 0.174. The predicted octanol–water partition coefficient (Wildman–Crippen LogP) is 2.77. The average Bonchev–Trinajstić information content (AvgIpc) is 2.81. The number of carbonyl (C=O) groups excluding carboxylic acids is 3. The molecule has 0 aliphatic carbocycles. The summed E-state index contributed by atoms with van der Waals surface area (Å²) in [4.78, 5) is 49.8. The first-order chi connectivity index (χ1) is 16.7. The molecule has 2 aromatic carbocycles. The van der Waals surface area contributed by atoms with Gasteiger partial charge in [-0.1, -0.05) is 6.07 Å². The number of hydrogen-bond donors (Lipinski definition) is 2. The summed E-state index contributed by atoms with van der Waals surface area (Å²) < 4.78 is 16.3. The standard InChI is InChI=1S/C23H19IN2O8S/c1-3-33-18(27)11-34-19-16(24)8-12(9-17(19)32-2)7-15-20(28)25-23(35)26(21(15)29)14-6-4-5-13(10-14)22(30)31/h4-10H,3,11H2,1-2H3,(H,30,31)(H,25,28,35). The number of rotatable bonds is 8. The van der Waals surface area contributed by atoms with Gasteiger partial charge in [0, 0.05) is 0 Å². The number of nitrogens with one attached hydrogen (secondary N) is 1. The zero-order valence-corrected chi connectivity index (χ0v) is 21.5. The lowest BCUT2D eigenvalue weighted by atomic mass is 10.1. The van der Waals surface area contributed by atoms with Gasteiger partial charge in [0.05, 0.1) is 28.5 Å². The zero-order valence-electron chi connectivity index (χ0n) is 18.5. The Labute approximate surface area is 219 Å². The number of carboxylic acid groups (broad SMARTS) is 1. The van der Waals surface area contributed by atoms with E-state index < -0.39 is 23.8 Å². The van der Waals surface area contributed by atoms with Gasteiger partial charge in [0.15, 0.2) is 23.2 Å². The first-order valence-corrected chi connectivity index (χ1v) is 11.6. The van der Waals surface area contributed by atoms with Gasteiger partial charge in [0.25, 0.3) is 11.8 Å². The van der Waals surface area contributed by atoms with Crippen molar-refractivity contribution in [2.24, 2.45) is 0 Å². The molecule has 3 rings (SSSR count).